The van der Waals surface area contributed by atoms with E-state index in [1.165, 1.54) is 6.92 Å². The zero-order chi connectivity index (χ0) is 26.7. The van der Waals surface area contributed by atoms with Crippen molar-refractivity contribution < 1.29 is 38.4 Å². The van der Waals surface area contributed by atoms with E-state index in [1.807, 2.05) is 33.8 Å². The molecule has 1 aliphatic carbocycles. The molecule has 0 bridgehead atoms. The van der Waals surface area contributed by atoms with Gasteiger partial charge in [0.1, 0.15) is 30.5 Å². The second-order valence-electron chi connectivity index (χ2n) is 10.5. The first-order valence-corrected chi connectivity index (χ1v) is 12.5. The molecule has 1 heterocycles. The maximum absolute atomic E-state index is 13.1. The molecule has 35 heavy (non-hydrogen) atoms. The molecular weight excluding hydrogens is 452 g/mol. The van der Waals surface area contributed by atoms with E-state index in [0.717, 1.165) is 5.57 Å². The summed E-state index contributed by atoms with van der Waals surface area (Å²) in [6.45, 7) is 15.7. The van der Waals surface area contributed by atoms with E-state index in [0.29, 0.717) is 18.4 Å². The topological polar surface area (TPSA) is 112 Å². The Morgan fingerprint density at radius 2 is 1.80 bits per heavy atom. The Hall–Kier alpha value is -2.19. The number of carbonyl (C=O) groups is 3. The van der Waals surface area contributed by atoms with Crippen molar-refractivity contribution in [3.63, 3.8) is 0 Å². The average Bonchev–Trinajstić information content (AvgIpc) is 3.44. The van der Waals surface area contributed by atoms with Gasteiger partial charge in [0.25, 0.3) is 0 Å². The zero-order valence-electron chi connectivity index (χ0n) is 22.5. The molecule has 3 unspecified atom stereocenters. The van der Waals surface area contributed by atoms with E-state index in [2.05, 4.69) is 0 Å². The molecule has 8 atom stereocenters. The van der Waals surface area contributed by atoms with E-state index < -0.39 is 65.9 Å². The van der Waals surface area contributed by atoms with Crippen molar-refractivity contribution in [1.29, 1.82) is 0 Å². The van der Waals surface area contributed by atoms with Crippen molar-refractivity contribution in [2.75, 3.05) is 0 Å². The summed E-state index contributed by atoms with van der Waals surface area (Å²) in [4.78, 5) is 37.1. The monoisotopic (exact) mass is 494 g/mol. The van der Waals surface area contributed by atoms with Crippen LogP contribution in [0, 0.1) is 17.8 Å². The highest BCUT2D eigenvalue weighted by Crippen LogP contribution is 2.48. The summed E-state index contributed by atoms with van der Waals surface area (Å²) >= 11 is 0. The van der Waals surface area contributed by atoms with Gasteiger partial charge in [-0.25, -0.2) is 4.79 Å². The number of fused-ring (bicyclic) bond motifs is 1. The largest absolute Gasteiger partial charge is 0.462 e. The van der Waals surface area contributed by atoms with Crippen LogP contribution >= 0.6 is 0 Å². The highest BCUT2D eigenvalue weighted by Gasteiger charge is 2.61. The molecule has 0 amide bonds. The maximum Gasteiger partial charge on any atom is 0.334 e. The van der Waals surface area contributed by atoms with Gasteiger partial charge in [-0.05, 0) is 65.9 Å². The number of aliphatic hydroxyl groups excluding tert-OH is 1. The van der Waals surface area contributed by atoms with Crippen molar-refractivity contribution in [1.82, 2.24) is 0 Å². The van der Waals surface area contributed by atoms with Crippen LogP contribution in [0.25, 0.3) is 0 Å². The SMILES string of the molecule is C/C=C(\C)C(=O)O[C@H]1/C(C)=C/CC[C@@]2(C)O[C@H]2C(OC(=O)C(C)C(C)OC(C)=O)[C@@H](C(C)C)[C@@H]1O. The molecule has 8 heteroatoms. The highest BCUT2D eigenvalue weighted by atomic mass is 16.6. The van der Waals surface area contributed by atoms with Crippen LogP contribution in [0.5, 0.6) is 0 Å². The van der Waals surface area contributed by atoms with Gasteiger partial charge in [-0.1, -0.05) is 26.0 Å². The minimum atomic E-state index is -1.13. The summed E-state index contributed by atoms with van der Waals surface area (Å²) in [5.41, 5.74) is 0.687. The van der Waals surface area contributed by atoms with E-state index in [-0.39, 0.29) is 5.92 Å². The summed E-state index contributed by atoms with van der Waals surface area (Å²) in [5, 5.41) is 11.6. The van der Waals surface area contributed by atoms with Crippen LogP contribution in [0.2, 0.25) is 0 Å². The smallest absolute Gasteiger partial charge is 0.334 e. The van der Waals surface area contributed by atoms with Crippen LogP contribution in [0.3, 0.4) is 0 Å². The molecule has 0 aromatic carbocycles. The Labute approximate surface area is 209 Å². The van der Waals surface area contributed by atoms with E-state index in [4.69, 9.17) is 18.9 Å². The second kappa shape index (κ2) is 11.7. The number of aliphatic hydroxyl groups is 1. The first kappa shape index (κ1) is 29.0. The summed E-state index contributed by atoms with van der Waals surface area (Å²) < 4.78 is 23.0. The van der Waals surface area contributed by atoms with Gasteiger partial charge in [-0.15, -0.1) is 0 Å². The normalized spacial score (nSPS) is 34.5. The highest BCUT2D eigenvalue weighted by molar-refractivity contribution is 5.87. The molecule has 0 spiro atoms. The van der Waals surface area contributed by atoms with Crippen LogP contribution in [0.15, 0.2) is 23.3 Å². The molecule has 2 rings (SSSR count). The van der Waals surface area contributed by atoms with Gasteiger partial charge < -0.3 is 24.1 Å². The van der Waals surface area contributed by atoms with Crippen molar-refractivity contribution in [3.8, 4) is 0 Å². The van der Waals surface area contributed by atoms with E-state index >= 15 is 0 Å². The predicted molar refractivity (Wildman–Crippen MR) is 130 cm³/mol. The third kappa shape index (κ3) is 6.94. The minimum absolute atomic E-state index is 0.131. The molecule has 198 valence electrons. The fourth-order valence-corrected chi connectivity index (χ4v) is 4.64. The third-order valence-corrected chi connectivity index (χ3v) is 7.32. The third-order valence-electron chi connectivity index (χ3n) is 7.32. The molecule has 2 aliphatic rings. The second-order valence-corrected chi connectivity index (χ2v) is 10.5. The molecule has 8 nitrogen and oxygen atoms in total. The first-order valence-electron chi connectivity index (χ1n) is 12.5. The minimum Gasteiger partial charge on any atom is -0.462 e. The summed E-state index contributed by atoms with van der Waals surface area (Å²) in [6.07, 6.45) is 1.10. The van der Waals surface area contributed by atoms with Crippen LogP contribution < -0.4 is 0 Å². The van der Waals surface area contributed by atoms with Crippen molar-refractivity contribution in [3.05, 3.63) is 23.3 Å². The Balaban J connectivity index is 2.42. The Kier molecular flexibility index (Phi) is 9.71. The molecule has 0 aromatic heterocycles. The van der Waals surface area contributed by atoms with Gasteiger partial charge in [0.2, 0.25) is 0 Å². The van der Waals surface area contributed by atoms with Crippen LogP contribution in [-0.4, -0.2) is 59.1 Å². The Morgan fingerprint density at radius 3 is 2.34 bits per heavy atom. The van der Waals surface area contributed by atoms with E-state index in [9.17, 15) is 19.5 Å². The number of rotatable bonds is 7. The fraction of sp³-hybridized carbons (Fsp3) is 0.741. The zero-order valence-corrected chi connectivity index (χ0v) is 22.5. The van der Waals surface area contributed by atoms with Crippen LogP contribution in [0.4, 0.5) is 0 Å². The van der Waals surface area contributed by atoms with Crippen LogP contribution in [-0.2, 0) is 33.3 Å². The number of hydrogen-bond donors (Lipinski definition) is 1. The lowest BCUT2D eigenvalue weighted by Gasteiger charge is -2.38. The molecule has 0 saturated carbocycles. The van der Waals surface area contributed by atoms with Gasteiger partial charge in [-0.2, -0.15) is 0 Å². The lowest BCUT2D eigenvalue weighted by atomic mass is 9.77. The van der Waals surface area contributed by atoms with Gasteiger partial charge in [-0.3, -0.25) is 9.59 Å². The van der Waals surface area contributed by atoms with Gasteiger partial charge >= 0.3 is 17.9 Å². The quantitative estimate of drug-likeness (QED) is 0.187. The molecule has 1 aliphatic heterocycles. The van der Waals surface area contributed by atoms with Gasteiger partial charge in [0.05, 0.1) is 11.5 Å². The van der Waals surface area contributed by atoms with Crippen LogP contribution in [0.1, 0.15) is 75.2 Å². The summed E-state index contributed by atoms with van der Waals surface area (Å²) in [5.74, 6) is -2.94. The molecule has 1 saturated heterocycles. The summed E-state index contributed by atoms with van der Waals surface area (Å²) in [7, 11) is 0. The molecule has 0 aromatic rings. The number of ether oxygens (including phenoxy) is 4. The summed E-state index contributed by atoms with van der Waals surface area (Å²) in [6, 6.07) is 0. The number of carbonyl (C=O) groups excluding carboxylic acids is 3. The van der Waals surface area contributed by atoms with Crippen molar-refractivity contribution in [2.24, 2.45) is 17.8 Å². The molecule has 1 fully saturated rings. The van der Waals surface area contributed by atoms with E-state index in [1.54, 1.807) is 33.8 Å². The predicted octanol–water partition coefficient (Wildman–Crippen LogP) is 3.89. The number of esters is 3. The van der Waals surface area contributed by atoms with Crippen molar-refractivity contribution >= 4 is 17.9 Å². The Bertz CT molecular complexity index is 859. The number of hydrogen-bond acceptors (Lipinski definition) is 8. The van der Waals surface area contributed by atoms with Gasteiger partial charge in [0, 0.05) is 18.4 Å². The maximum atomic E-state index is 13.1. The molecule has 0 radical (unpaired) electrons. The van der Waals surface area contributed by atoms with Gasteiger partial charge in [0.15, 0.2) is 0 Å². The molecule has 1 N–H and O–H groups in total. The molecular formula is C27H42O8. The Morgan fingerprint density at radius 1 is 1.17 bits per heavy atom. The number of epoxide rings is 1. The fourth-order valence-electron chi connectivity index (χ4n) is 4.64. The lowest BCUT2D eigenvalue weighted by Crippen LogP contribution is -2.50. The van der Waals surface area contributed by atoms with Crippen molar-refractivity contribution in [2.45, 2.75) is 111 Å². The lowest BCUT2D eigenvalue weighted by molar-refractivity contribution is -0.174. The number of allylic oxidation sites excluding steroid dienone is 2. The first-order chi connectivity index (χ1) is 16.2. The standard InChI is InChI=1S/C27H42O8/c1-10-15(4)25(30)33-22-16(5)12-11-13-27(9)24(35-27)23(20(14(2)3)21(22)29)34-26(31)17(6)18(7)32-19(8)28/h10,12,14,17-18,20-24,29H,11,13H2,1-9H3/b15-10+,16-12+/t17?,18?,20-,21-,22-,23?,24-,27+/m0/s1. The average molecular weight is 495 g/mol.